The van der Waals surface area contributed by atoms with Crippen molar-refractivity contribution in [3.8, 4) is 0 Å². The highest BCUT2D eigenvalue weighted by molar-refractivity contribution is 7.87. The summed E-state index contributed by atoms with van der Waals surface area (Å²) in [6.07, 6.45) is 0.597. The van der Waals surface area contributed by atoms with E-state index in [1.165, 1.54) is 6.08 Å². The average molecular weight is 373 g/mol. The number of rotatable bonds is 2. The van der Waals surface area contributed by atoms with Crippen LogP contribution >= 0.6 is 0 Å². The SMILES string of the molecule is CC(C)(C)OC(=O)N1CCC2(C=C1OS(=O)(=O)C(F)(F)F)COC2. The summed E-state index contributed by atoms with van der Waals surface area (Å²) in [4.78, 5) is 12.9. The molecule has 24 heavy (non-hydrogen) atoms. The van der Waals surface area contributed by atoms with Gasteiger partial charge in [-0.25, -0.2) is 9.69 Å². The molecule has 2 aliphatic heterocycles. The van der Waals surface area contributed by atoms with Crippen molar-refractivity contribution in [1.82, 2.24) is 4.90 Å². The van der Waals surface area contributed by atoms with E-state index in [4.69, 9.17) is 9.47 Å². The third-order valence-electron chi connectivity index (χ3n) is 3.40. The molecule has 2 aliphatic rings. The minimum absolute atomic E-state index is 0.0442. The van der Waals surface area contributed by atoms with Crippen LogP contribution in [-0.4, -0.2) is 50.3 Å². The summed E-state index contributed by atoms with van der Waals surface area (Å²) in [5, 5.41) is 0. The molecule has 0 aliphatic carbocycles. The van der Waals surface area contributed by atoms with Crippen LogP contribution in [0.25, 0.3) is 0 Å². The molecule has 1 fully saturated rings. The lowest BCUT2D eigenvalue weighted by Gasteiger charge is -2.44. The Balaban J connectivity index is 2.30. The van der Waals surface area contributed by atoms with E-state index in [1.54, 1.807) is 20.8 Å². The average Bonchev–Trinajstić information content (AvgIpc) is 2.32. The Labute approximate surface area is 137 Å². The number of carbonyl (C=O) groups excluding carboxylic acids is 1. The summed E-state index contributed by atoms with van der Waals surface area (Å²) in [5.74, 6) is -0.712. The van der Waals surface area contributed by atoms with E-state index in [1.807, 2.05) is 0 Å². The van der Waals surface area contributed by atoms with Crippen molar-refractivity contribution < 1.29 is 40.0 Å². The molecule has 1 amide bonds. The Bertz CT molecular complexity index is 646. The van der Waals surface area contributed by atoms with Gasteiger partial charge in [-0.15, -0.1) is 0 Å². The first kappa shape index (κ1) is 18.8. The summed E-state index contributed by atoms with van der Waals surface area (Å²) >= 11 is 0. The second-order valence-corrected chi connectivity index (χ2v) is 8.24. The molecule has 0 atom stereocenters. The van der Waals surface area contributed by atoms with Crippen LogP contribution in [0.2, 0.25) is 0 Å². The maximum absolute atomic E-state index is 12.6. The molecule has 7 nitrogen and oxygen atoms in total. The van der Waals surface area contributed by atoms with Crippen molar-refractivity contribution >= 4 is 16.2 Å². The van der Waals surface area contributed by atoms with Crippen molar-refractivity contribution in [3.05, 3.63) is 12.0 Å². The zero-order valence-corrected chi connectivity index (χ0v) is 14.2. The molecule has 1 spiro atoms. The van der Waals surface area contributed by atoms with Crippen LogP contribution in [0.4, 0.5) is 18.0 Å². The monoisotopic (exact) mass is 373 g/mol. The summed E-state index contributed by atoms with van der Waals surface area (Å²) in [7, 11) is -5.90. The van der Waals surface area contributed by atoms with E-state index in [0.717, 1.165) is 4.90 Å². The van der Waals surface area contributed by atoms with Crippen LogP contribution in [0.5, 0.6) is 0 Å². The second kappa shape index (κ2) is 5.80. The normalized spacial score (nSPS) is 21.1. The van der Waals surface area contributed by atoms with Crippen LogP contribution in [0.1, 0.15) is 27.2 Å². The zero-order chi connectivity index (χ0) is 18.4. The lowest BCUT2D eigenvalue weighted by Crippen LogP contribution is -2.50. The van der Waals surface area contributed by atoms with E-state index < -0.39 is 38.6 Å². The molecule has 1 saturated heterocycles. The van der Waals surface area contributed by atoms with Crippen LogP contribution in [0.15, 0.2) is 12.0 Å². The van der Waals surface area contributed by atoms with Gasteiger partial charge < -0.3 is 13.7 Å². The van der Waals surface area contributed by atoms with E-state index in [0.29, 0.717) is 6.42 Å². The number of carbonyl (C=O) groups is 1. The number of nitrogens with zero attached hydrogens (tertiary/aromatic N) is 1. The van der Waals surface area contributed by atoms with Gasteiger partial charge in [0.2, 0.25) is 5.88 Å². The van der Waals surface area contributed by atoms with Crippen molar-refractivity contribution in [2.24, 2.45) is 5.41 Å². The van der Waals surface area contributed by atoms with Gasteiger partial charge in [-0.05, 0) is 33.3 Å². The summed E-state index contributed by atoms with van der Waals surface area (Å²) in [6, 6.07) is 0. The van der Waals surface area contributed by atoms with Gasteiger partial charge in [0.05, 0.1) is 13.2 Å². The van der Waals surface area contributed by atoms with Crippen molar-refractivity contribution in [2.45, 2.75) is 38.3 Å². The van der Waals surface area contributed by atoms with E-state index >= 15 is 0 Å². The highest BCUT2D eigenvalue weighted by Crippen LogP contribution is 2.40. The number of ether oxygens (including phenoxy) is 2. The number of hydrogen-bond acceptors (Lipinski definition) is 6. The summed E-state index contributed by atoms with van der Waals surface area (Å²) in [6.45, 7) is 5.12. The van der Waals surface area contributed by atoms with E-state index in [9.17, 15) is 26.4 Å². The third kappa shape index (κ3) is 3.94. The van der Waals surface area contributed by atoms with Crippen LogP contribution in [0, 0.1) is 5.41 Å². The van der Waals surface area contributed by atoms with E-state index in [-0.39, 0.29) is 19.8 Å². The van der Waals surface area contributed by atoms with Crippen LogP contribution < -0.4 is 0 Å². The molecule has 2 rings (SSSR count). The van der Waals surface area contributed by atoms with Gasteiger partial charge >= 0.3 is 21.7 Å². The smallest absolute Gasteiger partial charge is 0.443 e. The summed E-state index contributed by atoms with van der Waals surface area (Å²) < 4.78 is 74.6. The molecule has 0 radical (unpaired) electrons. The molecular formula is C13H18F3NO6S. The maximum atomic E-state index is 12.6. The Kier molecular flexibility index (Phi) is 4.55. The number of hydrogen-bond donors (Lipinski definition) is 0. The molecular weight excluding hydrogens is 355 g/mol. The molecule has 0 unspecified atom stereocenters. The number of alkyl halides is 3. The Morgan fingerprint density at radius 3 is 2.29 bits per heavy atom. The molecule has 2 heterocycles. The molecule has 11 heteroatoms. The lowest BCUT2D eigenvalue weighted by atomic mass is 9.80. The Morgan fingerprint density at radius 2 is 1.88 bits per heavy atom. The lowest BCUT2D eigenvalue weighted by molar-refractivity contribution is -0.0994. The maximum Gasteiger partial charge on any atom is 0.534 e. The van der Waals surface area contributed by atoms with Crippen molar-refractivity contribution in [1.29, 1.82) is 0 Å². The fraction of sp³-hybridized carbons (Fsp3) is 0.769. The molecule has 0 saturated carbocycles. The molecule has 138 valence electrons. The molecule has 0 bridgehead atoms. The van der Waals surface area contributed by atoms with Crippen molar-refractivity contribution in [2.75, 3.05) is 19.8 Å². The van der Waals surface area contributed by atoms with Crippen molar-refractivity contribution in [3.63, 3.8) is 0 Å². The zero-order valence-electron chi connectivity index (χ0n) is 13.3. The third-order valence-corrected chi connectivity index (χ3v) is 4.36. The fourth-order valence-electron chi connectivity index (χ4n) is 2.18. The quantitative estimate of drug-likeness (QED) is 0.546. The minimum atomic E-state index is -5.90. The minimum Gasteiger partial charge on any atom is -0.443 e. The predicted octanol–water partition coefficient (Wildman–Crippen LogP) is 2.35. The van der Waals surface area contributed by atoms with Gasteiger partial charge in [-0.1, -0.05) is 0 Å². The molecule has 0 aromatic rings. The second-order valence-electron chi connectivity index (χ2n) is 6.70. The van der Waals surface area contributed by atoms with Gasteiger partial charge in [-0.2, -0.15) is 21.6 Å². The van der Waals surface area contributed by atoms with Gasteiger partial charge in [-0.3, -0.25) is 0 Å². The van der Waals surface area contributed by atoms with E-state index in [2.05, 4.69) is 4.18 Å². The van der Waals surface area contributed by atoms with Gasteiger partial charge in [0.1, 0.15) is 5.60 Å². The molecule has 0 aromatic carbocycles. The highest BCUT2D eigenvalue weighted by Gasteiger charge is 2.51. The van der Waals surface area contributed by atoms with Gasteiger partial charge in [0.15, 0.2) is 0 Å². The van der Waals surface area contributed by atoms with Crippen LogP contribution in [0.3, 0.4) is 0 Å². The standard InChI is InChI=1S/C13H18F3NO6S/c1-11(2,3)22-10(18)17-5-4-12(7-21-8-12)6-9(17)23-24(19,20)13(14,15)16/h6H,4-5,7-8H2,1-3H3. The first-order valence-corrected chi connectivity index (χ1v) is 8.47. The van der Waals surface area contributed by atoms with Crippen LogP contribution in [-0.2, 0) is 23.8 Å². The number of amides is 1. The fourth-order valence-corrected chi connectivity index (χ4v) is 2.63. The highest BCUT2D eigenvalue weighted by atomic mass is 32.2. The molecule has 0 N–H and O–H groups in total. The Morgan fingerprint density at radius 1 is 1.29 bits per heavy atom. The van der Waals surface area contributed by atoms with Gasteiger partial charge in [0, 0.05) is 12.0 Å². The summed E-state index contributed by atoms with van der Waals surface area (Å²) in [5.41, 5.74) is -7.14. The topological polar surface area (TPSA) is 82.1 Å². The predicted molar refractivity (Wildman–Crippen MR) is 75.0 cm³/mol. The first-order valence-electron chi connectivity index (χ1n) is 7.07. The number of halogens is 3. The molecule has 0 aromatic heterocycles. The Hall–Kier alpha value is -1.49. The van der Waals surface area contributed by atoms with Gasteiger partial charge in [0.25, 0.3) is 0 Å². The largest absolute Gasteiger partial charge is 0.534 e. The first-order chi connectivity index (χ1) is 10.7.